The molecule has 106 valence electrons. The number of sulfonamides is 1. The Kier molecular flexibility index (Phi) is 4.93. The van der Waals surface area contributed by atoms with Crippen molar-refractivity contribution >= 4 is 37.6 Å². The fourth-order valence-electron chi connectivity index (χ4n) is 2.47. The van der Waals surface area contributed by atoms with Gasteiger partial charge >= 0.3 is 0 Å². The second kappa shape index (κ2) is 6.12. The molecule has 0 aliphatic heterocycles. The van der Waals surface area contributed by atoms with Crippen molar-refractivity contribution in [3.63, 3.8) is 0 Å². The van der Waals surface area contributed by atoms with Gasteiger partial charge in [-0.05, 0) is 31.0 Å². The van der Waals surface area contributed by atoms with Crippen molar-refractivity contribution in [1.29, 1.82) is 0 Å². The van der Waals surface area contributed by atoms with Crippen LogP contribution in [0.1, 0.15) is 32.1 Å². The molecule has 0 radical (unpaired) electrons. The van der Waals surface area contributed by atoms with Gasteiger partial charge in [0, 0.05) is 15.9 Å². The molecule has 1 aromatic rings. The molecule has 19 heavy (non-hydrogen) atoms. The van der Waals surface area contributed by atoms with Gasteiger partial charge in [-0.1, -0.05) is 41.3 Å². The number of nitrogens with one attached hydrogen (secondary N) is 1. The monoisotopic (exact) mass is 365 g/mol. The third kappa shape index (κ3) is 3.72. The van der Waals surface area contributed by atoms with Crippen molar-refractivity contribution in [2.75, 3.05) is 5.88 Å². The molecule has 1 N–H and O–H groups in total. The van der Waals surface area contributed by atoms with Crippen molar-refractivity contribution < 1.29 is 8.42 Å². The molecule has 1 aromatic carbocycles. The lowest BCUT2D eigenvalue weighted by Gasteiger charge is -2.36. The number of hydrogen-bond acceptors (Lipinski definition) is 2. The molecule has 2 rings (SSSR count). The molecule has 1 saturated carbocycles. The summed E-state index contributed by atoms with van der Waals surface area (Å²) in [6.45, 7) is 0. The molecule has 0 amide bonds. The quantitative estimate of drug-likeness (QED) is 0.826. The second-order valence-corrected chi connectivity index (χ2v) is 7.90. The van der Waals surface area contributed by atoms with Crippen LogP contribution < -0.4 is 4.72 Å². The van der Waals surface area contributed by atoms with Crippen LogP contribution in [0.2, 0.25) is 0 Å². The molecule has 0 heterocycles. The molecule has 0 atom stereocenters. The molecule has 6 heteroatoms. The largest absolute Gasteiger partial charge is 0.241 e. The lowest BCUT2D eigenvalue weighted by Crippen LogP contribution is -2.51. The lowest BCUT2D eigenvalue weighted by molar-refractivity contribution is 0.298. The van der Waals surface area contributed by atoms with E-state index in [1.165, 1.54) is 0 Å². The Morgan fingerprint density at radius 2 is 1.95 bits per heavy atom. The number of halogens is 2. The third-order valence-corrected chi connectivity index (χ3v) is 6.10. The lowest BCUT2D eigenvalue weighted by atomic mass is 9.84. The molecule has 0 bridgehead atoms. The smallest absolute Gasteiger partial charge is 0.207 e. The minimum atomic E-state index is -3.52. The average molecular weight is 367 g/mol. The fourth-order valence-corrected chi connectivity index (χ4v) is 4.94. The van der Waals surface area contributed by atoms with Gasteiger partial charge < -0.3 is 0 Å². The van der Waals surface area contributed by atoms with Gasteiger partial charge in [-0.15, -0.1) is 11.6 Å². The van der Waals surface area contributed by atoms with Crippen LogP contribution in [0.4, 0.5) is 0 Å². The van der Waals surface area contributed by atoms with Gasteiger partial charge in [0.15, 0.2) is 0 Å². The Morgan fingerprint density at radius 1 is 1.26 bits per heavy atom. The Labute approximate surface area is 127 Å². The predicted molar refractivity (Wildman–Crippen MR) is 81.0 cm³/mol. The average Bonchev–Trinajstić information content (AvgIpc) is 2.39. The molecule has 0 aromatic heterocycles. The molecule has 3 nitrogen and oxygen atoms in total. The summed E-state index contributed by atoms with van der Waals surface area (Å²) in [7, 11) is -3.52. The first kappa shape index (κ1) is 15.3. The SMILES string of the molecule is O=S(=O)(NC1(CCl)CCCCC1)c1cccc(Br)c1. The van der Waals surface area contributed by atoms with Crippen LogP contribution in [0.15, 0.2) is 33.6 Å². The highest BCUT2D eigenvalue weighted by Gasteiger charge is 2.35. The fraction of sp³-hybridized carbons (Fsp3) is 0.538. The first-order valence-corrected chi connectivity index (χ1v) is 9.14. The molecular weight excluding hydrogens is 350 g/mol. The van der Waals surface area contributed by atoms with E-state index in [0.717, 1.165) is 36.6 Å². The zero-order valence-corrected chi connectivity index (χ0v) is 13.7. The number of benzene rings is 1. The van der Waals surface area contributed by atoms with Gasteiger partial charge in [0.05, 0.1) is 4.90 Å². The normalized spacial score (nSPS) is 19.3. The second-order valence-electron chi connectivity index (χ2n) is 5.04. The van der Waals surface area contributed by atoms with E-state index in [0.29, 0.717) is 5.88 Å². The standard InChI is InChI=1S/C13H17BrClNO2S/c14-11-5-4-6-12(9-11)19(17,18)16-13(10-15)7-2-1-3-8-13/h4-6,9,16H,1-3,7-8,10H2. The van der Waals surface area contributed by atoms with Crippen LogP contribution >= 0.6 is 27.5 Å². The topological polar surface area (TPSA) is 46.2 Å². The van der Waals surface area contributed by atoms with Crippen LogP contribution in [-0.4, -0.2) is 19.8 Å². The van der Waals surface area contributed by atoms with Crippen molar-refractivity contribution in [2.24, 2.45) is 0 Å². The highest BCUT2D eigenvalue weighted by atomic mass is 79.9. The molecule has 0 spiro atoms. The third-order valence-electron chi connectivity index (χ3n) is 3.52. The predicted octanol–water partition coefficient (Wildman–Crippen LogP) is 3.67. The number of alkyl halides is 1. The van der Waals surface area contributed by atoms with E-state index in [2.05, 4.69) is 20.7 Å². The van der Waals surface area contributed by atoms with Crippen LogP contribution in [0.25, 0.3) is 0 Å². The van der Waals surface area contributed by atoms with Gasteiger partial charge in [0.2, 0.25) is 10.0 Å². The summed E-state index contributed by atoms with van der Waals surface area (Å²) in [6, 6.07) is 6.72. The summed E-state index contributed by atoms with van der Waals surface area (Å²) in [5.74, 6) is 0.320. The maximum absolute atomic E-state index is 12.4. The molecule has 1 fully saturated rings. The molecule has 0 saturated heterocycles. The summed E-state index contributed by atoms with van der Waals surface area (Å²) in [4.78, 5) is 0.275. The van der Waals surface area contributed by atoms with E-state index < -0.39 is 15.6 Å². The van der Waals surface area contributed by atoms with E-state index in [4.69, 9.17) is 11.6 Å². The zero-order chi connectivity index (χ0) is 13.9. The first-order valence-electron chi connectivity index (χ1n) is 6.33. The van der Waals surface area contributed by atoms with Gasteiger partial charge in [-0.3, -0.25) is 0 Å². The Balaban J connectivity index is 2.25. The summed E-state index contributed by atoms with van der Waals surface area (Å²) in [5.41, 5.74) is -0.485. The van der Waals surface area contributed by atoms with Crippen LogP contribution in [0, 0.1) is 0 Å². The summed E-state index contributed by atoms with van der Waals surface area (Å²) in [6.07, 6.45) is 4.81. The van der Waals surface area contributed by atoms with Gasteiger partial charge in [-0.25, -0.2) is 13.1 Å². The molecule has 0 unspecified atom stereocenters. The van der Waals surface area contributed by atoms with Gasteiger partial charge in [0.1, 0.15) is 0 Å². The van der Waals surface area contributed by atoms with Crippen molar-refractivity contribution in [3.05, 3.63) is 28.7 Å². The Bertz CT molecular complexity index is 541. The summed E-state index contributed by atoms with van der Waals surface area (Å²) >= 11 is 9.32. The van der Waals surface area contributed by atoms with Gasteiger partial charge in [0.25, 0.3) is 0 Å². The maximum atomic E-state index is 12.4. The zero-order valence-electron chi connectivity index (χ0n) is 10.5. The summed E-state index contributed by atoms with van der Waals surface area (Å²) in [5, 5.41) is 0. The molecular formula is C13H17BrClNO2S. The molecule has 1 aliphatic carbocycles. The maximum Gasteiger partial charge on any atom is 0.241 e. The van der Waals surface area contributed by atoms with E-state index >= 15 is 0 Å². The first-order chi connectivity index (χ1) is 8.97. The van der Waals surface area contributed by atoms with Crippen LogP contribution in [0.3, 0.4) is 0 Å². The van der Waals surface area contributed by atoms with E-state index in [1.54, 1.807) is 24.3 Å². The number of rotatable bonds is 4. The van der Waals surface area contributed by atoms with E-state index in [1.807, 2.05) is 0 Å². The number of hydrogen-bond donors (Lipinski definition) is 1. The van der Waals surface area contributed by atoms with Crippen molar-refractivity contribution in [1.82, 2.24) is 4.72 Å². The van der Waals surface area contributed by atoms with Crippen LogP contribution in [0.5, 0.6) is 0 Å². The molecule has 1 aliphatic rings. The van der Waals surface area contributed by atoms with Crippen molar-refractivity contribution in [2.45, 2.75) is 42.5 Å². The van der Waals surface area contributed by atoms with Crippen LogP contribution in [-0.2, 0) is 10.0 Å². The van der Waals surface area contributed by atoms with Crippen molar-refractivity contribution in [3.8, 4) is 0 Å². The summed E-state index contributed by atoms with van der Waals surface area (Å²) < 4.78 is 28.4. The minimum absolute atomic E-state index is 0.275. The van der Waals surface area contributed by atoms with E-state index in [-0.39, 0.29) is 4.90 Å². The highest BCUT2D eigenvalue weighted by molar-refractivity contribution is 9.10. The highest BCUT2D eigenvalue weighted by Crippen LogP contribution is 2.31. The Morgan fingerprint density at radius 3 is 2.53 bits per heavy atom. The Hall–Kier alpha value is -0.100. The van der Waals surface area contributed by atoms with Gasteiger partial charge in [-0.2, -0.15) is 0 Å². The van der Waals surface area contributed by atoms with E-state index in [9.17, 15) is 8.42 Å². The minimum Gasteiger partial charge on any atom is -0.207 e.